The molecule has 0 aliphatic heterocycles. The largest absolute Gasteiger partial charge is 0.476 e. The number of benzene rings is 3. The number of ether oxygens (including phenoxy) is 2. The molecule has 1 aromatic heterocycles. The highest BCUT2D eigenvalue weighted by Crippen LogP contribution is 2.27. The fourth-order valence-electron chi connectivity index (χ4n) is 3.57. The Morgan fingerprint density at radius 2 is 1.74 bits per heavy atom. The Morgan fingerprint density at radius 3 is 2.47 bits per heavy atom. The monoisotopic (exact) mass is 478 g/mol. The lowest BCUT2D eigenvalue weighted by atomic mass is 10.1. The van der Waals surface area contributed by atoms with Gasteiger partial charge in [-0.15, -0.1) is 0 Å². The van der Waals surface area contributed by atoms with Crippen LogP contribution in [0.3, 0.4) is 0 Å². The van der Waals surface area contributed by atoms with Crippen molar-refractivity contribution in [3.05, 3.63) is 88.9 Å². The van der Waals surface area contributed by atoms with E-state index >= 15 is 0 Å². The molecule has 0 N–H and O–H groups in total. The molecule has 0 saturated carbocycles. The first-order valence-corrected chi connectivity index (χ1v) is 11.5. The van der Waals surface area contributed by atoms with Crippen molar-refractivity contribution in [2.75, 3.05) is 11.5 Å². The van der Waals surface area contributed by atoms with Crippen LogP contribution in [0.1, 0.15) is 31.9 Å². The molecule has 4 rings (SSSR count). The van der Waals surface area contributed by atoms with Crippen LogP contribution in [0.2, 0.25) is 5.02 Å². The Hall–Kier alpha value is -3.51. The molecular formula is C27H27ClN2O4. The first-order valence-electron chi connectivity index (χ1n) is 11.1. The molecular weight excluding hydrogens is 452 g/mol. The lowest BCUT2D eigenvalue weighted by molar-refractivity contribution is -0.158. The Balaban J connectivity index is 1.60. The second-order valence-electron chi connectivity index (χ2n) is 8.43. The number of nitrogens with zero attached hydrogens (tertiary/aromatic N) is 2. The third-order valence-corrected chi connectivity index (χ3v) is 5.50. The predicted octanol–water partition coefficient (Wildman–Crippen LogP) is 6.41. The molecule has 0 amide bonds. The van der Waals surface area contributed by atoms with Gasteiger partial charge >= 0.3 is 5.97 Å². The lowest BCUT2D eigenvalue weighted by Crippen LogP contribution is -2.39. The first-order chi connectivity index (χ1) is 16.3. The van der Waals surface area contributed by atoms with Gasteiger partial charge in [0.2, 0.25) is 0 Å². The van der Waals surface area contributed by atoms with Crippen LogP contribution in [-0.2, 0) is 22.6 Å². The predicted molar refractivity (Wildman–Crippen MR) is 133 cm³/mol. The maximum Gasteiger partial charge on any atom is 0.349 e. The van der Waals surface area contributed by atoms with Crippen molar-refractivity contribution in [2.24, 2.45) is 0 Å². The minimum absolute atomic E-state index is 0.301. The third-order valence-electron chi connectivity index (χ3n) is 5.25. The zero-order valence-corrected chi connectivity index (χ0v) is 20.2. The van der Waals surface area contributed by atoms with Crippen LogP contribution in [0.15, 0.2) is 77.2 Å². The number of hydrogen-bond donors (Lipinski definition) is 0. The lowest BCUT2D eigenvalue weighted by Gasteiger charge is -2.25. The van der Waals surface area contributed by atoms with Crippen molar-refractivity contribution in [2.45, 2.75) is 39.5 Å². The van der Waals surface area contributed by atoms with Crippen LogP contribution in [0.4, 0.5) is 6.01 Å². The molecule has 0 spiro atoms. The molecule has 0 radical (unpaired) electrons. The summed E-state index contributed by atoms with van der Waals surface area (Å²) in [6.07, 6.45) is 0. The minimum atomic E-state index is -1.10. The van der Waals surface area contributed by atoms with E-state index in [1.165, 1.54) is 0 Å². The summed E-state index contributed by atoms with van der Waals surface area (Å²) in [5.41, 5.74) is 2.48. The van der Waals surface area contributed by atoms with Gasteiger partial charge in [-0.1, -0.05) is 48.0 Å². The molecule has 0 fully saturated rings. The number of aromatic nitrogens is 1. The van der Waals surface area contributed by atoms with E-state index in [4.69, 9.17) is 25.5 Å². The second kappa shape index (κ2) is 10.2. The Bertz CT molecular complexity index is 1230. The molecule has 0 unspecified atom stereocenters. The number of carbonyl (C=O) groups excluding carboxylic acids is 1. The van der Waals surface area contributed by atoms with E-state index in [1.54, 1.807) is 20.8 Å². The van der Waals surface area contributed by atoms with Crippen LogP contribution in [0.25, 0.3) is 11.1 Å². The summed E-state index contributed by atoms with van der Waals surface area (Å²) < 4.78 is 17.2. The number of fused-ring (bicyclic) bond motifs is 1. The van der Waals surface area contributed by atoms with Gasteiger partial charge < -0.3 is 18.8 Å². The summed E-state index contributed by atoms with van der Waals surface area (Å²) in [5, 5.41) is 0.686. The van der Waals surface area contributed by atoms with E-state index in [0.717, 1.165) is 22.2 Å². The van der Waals surface area contributed by atoms with Crippen molar-refractivity contribution in [1.29, 1.82) is 0 Å². The summed E-state index contributed by atoms with van der Waals surface area (Å²) in [7, 11) is 0. The number of para-hydroxylation sites is 2. The van der Waals surface area contributed by atoms with Crippen molar-refractivity contribution >= 4 is 34.7 Å². The molecule has 0 aliphatic carbocycles. The highest BCUT2D eigenvalue weighted by molar-refractivity contribution is 6.30. The van der Waals surface area contributed by atoms with Crippen LogP contribution in [0.5, 0.6) is 5.75 Å². The Kier molecular flexibility index (Phi) is 7.08. The van der Waals surface area contributed by atoms with E-state index in [1.807, 2.05) is 72.8 Å². The van der Waals surface area contributed by atoms with E-state index in [2.05, 4.69) is 9.88 Å². The first kappa shape index (κ1) is 23.6. The number of halogens is 1. The second-order valence-corrected chi connectivity index (χ2v) is 8.86. The van der Waals surface area contributed by atoms with Gasteiger partial charge in [-0.3, -0.25) is 0 Å². The Morgan fingerprint density at radius 1 is 1.00 bits per heavy atom. The third kappa shape index (κ3) is 5.69. The summed E-state index contributed by atoms with van der Waals surface area (Å²) >= 11 is 6.07. The molecule has 176 valence electrons. The smallest absolute Gasteiger partial charge is 0.349 e. The number of rotatable bonds is 9. The standard InChI is InChI=1S/C27H27ClN2O4/c1-4-32-25(31)27(2,3)34-22-9-7-8-20(16-22)18-30(17-19-12-14-21(28)15-13-19)26-29-23-10-5-6-11-24(23)33-26/h5-16H,4,17-18H2,1-3H3. The van der Waals surface area contributed by atoms with Gasteiger partial charge in [0.1, 0.15) is 11.3 Å². The molecule has 0 atom stereocenters. The van der Waals surface area contributed by atoms with Gasteiger partial charge in [0.25, 0.3) is 6.01 Å². The molecule has 4 aromatic rings. The quantitative estimate of drug-likeness (QED) is 0.259. The number of hydrogen-bond acceptors (Lipinski definition) is 6. The average molecular weight is 479 g/mol. The van der Waals surface area contributed by atoms with Crippen LogP contribution in [0, 0.1) is 0 Å². The maximum absolute atomic E-state index is 12.2. The van der Waals surface area contributed by atoms with Gasteiger partial charge in [0.05, 0.1) is 6.61 Å². The topological polar surface area (TPSA) is 64.8 Å². The van der Waals surface area contributed by atoms with Crippen molar-refractivity contribution in [3.8, 4) is 5.75 Å². The summed E-state index contributed by atoms with van der Waals surface area (Å²) in [6, 6.07) is 23.6. The fraction of sp³-hybridized carbons (Fsp3) is 0.259. The van der Waals surface area contributed by atoms with Gasteiger partial charge in [0.15, 0.2) is 11.2 Å². The molecule has 0 bridgehead atoms. The van der Waals surface area contributed by atoms with Gasteiger partial charge in [-0.05, 0) is 68.3 Å². The van der Waals surface area contributed by atoms with Crippen molar-refractivity contribution in [1.82, 2.24) is 4.98 Å². The summed E-state index contributed by atoms with van der Waals surface area (Å²) in [5.74, 6) is 0.177. The highest BCUT2D eigenvalue weighted by Gasteiger charge is 2.31. The van der Waals surface area contributed by atoms with Gasteiger partial charge in [0, 0.05) is 18.1 Å². The van der Waals surface area contributed by atoms with E-state index in [9.17, 15) is 4.79 Å². The molecule has 7 heteroatoms. The normalized spacial score (nSPS) is 11.4. The fourth-order valence-corrected chi connectivity index (χ4v) is 3.69. The number of anilines is 1. The molecule has 0 saturated heterocycles. The molecule has 1 heterocycles. The van der Waals surface area contributed by atoms with E-state index in [-0.39, 0.29) is 0 Å². The highest BCUT2D eigenvalue weighted by atomic mass is 35.5. The van der Waals surface area contributed by atoms with Crippen LogP contribution in [-0.4, -0.2) is 23.2 Å². The zero-order valence-electron chi connectivity index (χ0n) is 19.5. The average Bonchev–Trinajstić information content (AvgIpc) is 3.24. The van der Waals surface area contributed by atoms with Crippen molar-refractivity contribution < 1.29 is 18.7 Å². The van der Waals surface area contributed by atoms with Gasteiger partial charge in [-0.2, -0.15) is 4.98 Å². The van der Waals surface area contributed by atoms with Crippen LogP contribution < -0.4 is 9.64 Å². The van der Waals surface area contributed by atoms with Crippen LogP contribution >= 0.6 is 11.6 Å². The van der Waals surface area contributed by atoms with E-state index < -0.39 is 11.6 Å². The zero-order chi connectivity index (χ0) is 24.1. The van der Waals surface area contributed by atoms with Crippen molar-refractivity contribution in [3.63, 3.8) is 0 Å². The molecule has 0 aliphatic rings. The number of esters is 1. The maximum atomic E-state index is 12.2. The number of oxazole rings is 1. The Labute approximate surface area is 204 Å². The molecule has 3 aromatic carbocycles. The van der Waals surface area contributed by atoms with Gasteiger partial charge in [-0.25, -0.2) is 4.79 Å². The summed E-state index contributed by atoms with van der Waals surface area (Å²) in [6.45, 7) is 6.56. The van der Waals surface area contributed by atoms with E-state index in [0.29, 0.717) is 36.5 Å². The molecule has 6 nitrogen and oxygen atoms in total. The SMILES string of the molecule is CCOC(=O)C(C)(C)Oc1cccc(CN(Cc2ccc(Cl)cc2)c2nc3ccccc3o2)c1. The summed E-state index contributed by atoms with van der Waals surface area (Å²) in [4.78, 5) is 19.0. The molecule has 34 heavy (non-hydrogen) atoms. The number of carbonyl (C=O) groups is 1. The minimum Gasteiger partial charge on any atom is -0.476 e.